The Hall–Kier alpha value is -3.61. The van der Waals surface area contributed by atoms with Crippen molar-refractivity contribution in [3.8, 4) is 16.9 Å². The average Bonchev–Trinajstić information content (AvgIpc) is 3.33. The van der Waals surface area contributed by atoms with E-state index in [1.165, 1.54) is 0 Å². The van der Waals surface area contributed by atoms with Crippen molar-refractivity contribution in [1.82, 2.24) is 19.9 Å². The second-order valence-corrected chi connectivity index (χ2v) is 6.45. The van der Waals surface area contributed by atoms with Gasteiger partial charge in [0.2, 0.25) is 0 Å². The van der Waals surface area contributed by atoms with Crippen molar-refractivity contribution in [2.45, 2.75) is 20.4 Å². The lowest BCUT2D eigenvalue weighted by molar-refractivity contribution is 0.0946. The van der Waals surface area contributed by atoms with Crippen LogP contribution in [0.3, 0.4) is 0 Å². The zero-order valence-corrected chi connectivity index (χ0v) is 15.9. The molecule has 4 aromatic rings. The molecule has 7 nitrogen and oxygen atoms in total. The minimum Gasteiger partial charge on any atom is -0.496 e. The fraction of sp³-hybridized carbons (Fsp3) is 0.190. The number of aromatic nitrogens is 3. The Morgan fingerprint density at radius 2 is 1.96 bits per heavy atom. The highest BCUT2D eigenvalue weighted by atomic mass is 16.5. The highest BCUT2D eigenvalue weighted by Gasteiger charge is 2.18. The van der Waals surface area contributed by atoms with Crippen LogP contribution < -0.4 is 10.1 Å². The summed E-state index contributed by atoms with van der Waals surface area (Å²) >= 11 is 0. The highest BCUT2D eigenvalue weighted by Crippen LogP contribution is 2.32. The van der Waals surface area contributed by atoms with Crippen molar-refractivity contribution in [3.63, 3.8) is 0 Å². The number of nitrogens with zero attached hydrogens (tertiary/aromatic N) is 3. The van der Waals surface area contributed by atoms with Gasteiger partial charge >= 0.3 is 0 Å². The number of para-hydroxylation sites is 1. The smallest absolute Gasteiger partial charge is 0.255 e. The molecule has 3 aromatic heterocycles. The van der Waals surface area contributed by atoms with Crippen molar-refractivity contribution in [2.24, 2.45) is 0 Å². The SMILES string of the molecule is COc1ccccc1-c1cnn2c(C)c(C(=O)NCc3ccc(C)o3)cnc12. The standard InChI is InChI=1S/C21H20N4O3/c1-13-8-9-15(28-13)10-23-21(26)17-11-22-20-18(12-24-25(20)14(17)2)16-6-4-5-7-19(16)27-3/h4-9,11-12H,10H2,1-3H3,(H,23,26). The van der Waals surface area contributed by atoms with E-state index in [2.05, 4.69) is 15.4 Å². The van der Waals surface area contributed by atoms with Gasteiger partial charge in [-0.3, -0.25) is 4.79 Å². The summed E-state index contributed by atoms with van der Waals surface area (Å²) in [6.07, 6.45) is 3.31. The topological polar surface area (TPSA) is 81.7 Å². The quantitative estimate of drug-likeness (QED) is 0.576. The first-order valence-corrected chi connectivity index (χ1v) is 8.88. The van der Waals surface area contributed by atoms with E-state index in [0.29, 0.717) is 29.2 Å². The molecule has 1 N–H and O–H groups in total. The van der Waals surface area contributed by atoms with E-state index in [1.54, 1.807) is 24.0 Å². The molecule has 3 heterocycles. The number of nitrogens with one attached hydrogen (secondary N) is 1. The number of benzene rings is 1. The van der Waals surface area contributed by atoms with E-state index < -0.39 is 0 Å². The third kappa shape index (κ3) is 3.11. The predicted octanol–water partition coefficient (Wildman–Crippen LogP) is 3.54. The van der Waals surface area contributed by atoms with Crippen LogP contribution in [0.1, 0.15) is 27.6 Å². The van der Waals surface area contributed by atoms with Crippen LogP contribution in [0, 0.1) is 13.8 Å². The summed E-state index contributed by atoms with van der Waals surface area (Å²) in [5.74, 6) is 2.03. The van der Waals surface area contributed by atoms with Crippen LogP contribution in [0.5, 0.6) is 5.75 Å². The Balaban J connectivity index is 1.65. The average molecular weight is 376 g/mol. The highest BCUT2D eigenvalue weighted by molar-refractivity contribution is 5.95. The molecule has 0 aliphatic rings. The van der Waals surface area contributed by atoms with Crippen LogP contribution in [-0.4, -0.2) is 27.6 Å². The van der Waals surface area contributed by atoms with E-state index >= 15 is 0 Å². The van der Waals surface area contributed by atoms with Gasteiger partial charge in [-0.05, 0) is 32.0 Å². The predicted molar refractivity (Wildman–Crippen MR) is 104 cm³/mol. The number of methoxy groups -OCH3 is 1. The van der Waals surface area contributed by atoms with Crippen molar-refractivity contribution < 1.29 is 13.9 Å². The van der Waals surface area contributed by atoms with Gasteiger partial charge in [0.15, 0.2) is 5.65 Å². The van der Waals surface area contributed by atoms with Crippen LogP contribution in [0.25, 0.3) is 16.8 Å². The Morgan fingerprint density at radius 1 is 1.14 bits per heavy atom. The van der Waals surface area contributed by atoms with E-state index in [-0.39, 0.29) is 5.91 Å². The van der Waals surface area contributed by atoms with E-state index in [1.807, 2.05) is 50.2 Å². The summed E-state index contributed by atoms with van der Waals surface area (Å²) in [4.78, 5) is 17.1. The molecule has 0 radical (unpaired) electrons. The third-order valence-corrected chi connectivity index (χ3v) is 4.63. The Kier molecular flexibility index (Phi) is 4.57. The fourth-order valence-electron chi connectivity index (χ4n) is 3.17. The summed E-state index contributed by atoms with van der Waals surface area (Å²) < 4.78 is 12.6. The van der Waals surface area contributed by atoms with E-state index in [0.717, 1.165) is 22.6 Å². The lowest BCUT2D eigenvalue weighted by Crippen LogP contribution is -2.24. The van der Waals surface area contributed by atoms with Crippen molar-refractivity contribution in [3.05, 3.63) is 71.6 Å². The molecule has 0 saturated carbocycles. The van der Waals surface area contributed by atoms with Gasteiger partial charge < -0.3 is 14.5 Å². The minimum absolute atomic E-state index is 0.227. The lowest BCUT2D eigenvalue weighted by atomic mass is 10.1. The van der Waals surface area contributed by atoms with Gasteiger partial charge in [-0.25, -0.2) is 9.50 Å². The maximum absolute atomic E-state index is 12.6. The van der Waals surface area contributed by atoms with Gasteiger partial charge in [0, 0.05) is 11.8 Å². The second-order valence-electron chi connectivity index (χ2n) is 6.45. The number of ether oxygens (including phenoxy) is 1. The van der Waals surface area contributed by atoms with Gasteiger partial charge in [0.1, 0.15) is 17.3 Å². The zero-order chi connectivity index (χ0) is 19.7. The molecule has 0 spiro atoms. The maximum Gasteiger partial charge on any atom is 0.255 e. The summed E-state index contributed by atoms with van der Waals surface area (Å²) in [5.41, 5.74) is 3.58. The molecule has 0 aliphatic heterocycles. The maximum atomic E-state index is 12.6. The Labute approximate surface area is 162 Å². The van der Waals surface area contributed by atoms with Crippen LogP contribution in [0.2, 0.25) is 0 Å². The van der Waals surface area contributed by atoms with Crippen molar-refractivity contribution >= 4 is 11.6 Å². The number of furan rings is 1. The molecular formula is C21H20N4O3. The largest absolute Gasteiger partial charge is 0.496 e. The molecule has 7 heteroatoms. The number of fused-ring (bicyclic) bond motifs is 1. The number of hydrogen-bond acceptors (Lipinski definition) is 5. The summed E-state index contributed by atoms with van der Waals surface area (Å²) in [7, 11) is 1.63. The van der Waals surface area contributed by atoms with Gasteiger partial charge in [-0.15, -0.1) is 0 Å². The third-order valence-electron chi connectivity index (χ3n) is 4.63. The van der Waals surface area contributed by atoms with Gasteiger partial charge in [0.25, 0.3) is 5.91 Å². The summed E-state index contributed by atoms with van der Waals surface area (Å²) in [6, 6.07) is 11.4. The first kappa shape index (κ1) is 17.8. The number of aryl methyl sites for hydroxylation is 2. The fourth-order valence-corrected chi connectivity index (χ4v) is 3.17. The van der Waals surface area contributed by atoms with Crippen LogP contribution in [-0.2, 0) is 6.54 Å². The number of hydrogen-bond donors (Lipinski definition) is 1. The minimum atomic E-state index is -0.227. The first-order chi connectivity index (χ1) is 13.6. The number of carbonyl (C=O) groups is 1. The monoisotopic (exact) mass is 376 g/mol. The number of rotatable bonds is 5. The summed E-state index contributed by atoms with van der Waals surface area (Å²) in [6.45, 7) is 4.03. The molecule has 0 aliphatic carbocycles. The van der Waals surface area contributed by atoms with Crippen molar-refractivity contribution in [2.75, 3.05) is 7.11 Å². The van der Waals surface area contributed by atoms with Crippen LogP contribution in [0.15, 0.2) is 53.2 Å². The Bertz CT molecular complexity index is 1160. The normalized spacial score (nSPS) is 11.0. The second kappa shape index (κ2) is 7.19. The van der Waals surface area contributed by atoms with Crippen LogP contribution >= 0.6 is 0 Å². The molecule has 142 valence electrons. The number of amides is 1. The molecule has 1 aromatic carbocycles. The van der Waals surface area contributed by atoms with Crippen LogP contribution in [0.4, 0.5) is 0 Å². The molecule has 0 unspecified atom stereocenters. The van der Waals surface area contributed by atoms with E-state index in [9.17, 15) is 4.79 Å². The Morgan fingerprint density at radius 3 is 2.71 bits per heavy atom. The molecule has 0 atom stereocenters. The molecule has 0 fully saturated rings. The molecular weight excluding hydrogens is 356 g/mol. The van der Waals surface area contributed by atoms with Gasteiger partial charge in [-0.1, -0.05) is 18.2 Å². The van der Waals surface area contributed by atoms with Gasteiger partial charge in [0.05, 0.1) is 36.7 Å². The number of carbonyl (C=O) groups excluding carboxylic acids is 1. The molecule has 0 bridgehead atoms. The molecule has 0 saturated heterocycles. The first-order valence-electron chi connectivity index (χ1n) is 8.88. The molecule has 1 amide bonds. The zero-order valence-electron chi connectivity index (χ0n) is 15.9. The summed E-state index contributed by atoms with van der Waals surface area (Å²) in [5, 5.41) is 7.29. The van der Waals surface area contributed by atoms with E-state index in [4.69, 9.17) is 9.15 Å². The van der Waals surface area contributed by atoms with Gasteiger partial charge in [-0.2, -0.15) is 5.10 Å². The lowest BCUT2D eigenvalue weighted by Gasteiger charge is -2.09. The molecule has 4 rings (SSSR count). The molecule has 28 heavy (non-hydrogen) atoms. The van der Waals surface area contributed by atoms with Crippen molar-refractivity contribution in [1.29, 1.82) is 0 Å².